The third kappa shape index (κ3) is 5.42. The second-order valence-corrected chi connectivity index (χ2v) is 9.33. The largest absolute Gasteiger partial charge is 0.480 e. The van der Waals surface area contributed by atoms with Gasteiger partial charge in [-0.25, -0.2) is 18.9 Å². The molecular weight excluding hydrogens is 571 g/mol. The molecule has 3 aromatic heterocycles. The first-order chi connectivity index (χ1) is 19.0. The van der Waals surface area contributed by atoms with Crippen molar-refractivity contribution in [2.75, 3.05) is 25.9 Å². The summed E-state index contributed by atoms with van der Waals surface area (Å²) in [7, 11) is 1.14. The Labute approximate surface area is 226 Å². The van der Waals surface area contributed by atoms with Crippen molar-refractivity contribution in [2.24, 2.45) is 0 Å². The number of carbonyl (C=O) groups excluding carboxylic acids is 2. The maximum absolute atomic E-state index is 14.7. The van der Waals surface area contributed by atoms with Gasteiger partial charge in [0, 0.05) is 24.8 Å². The van der Waals surface area contributed by atoms with Gasteiger partial charge in [0.15, 0.2) is 5.82 Å². The zero-order valence-electron chi connectivity index (χ0n) is 21.2. The van der Waals surface area contributed by atoms with Gasteiger partial charge >= 0.3 is 12.4 Å². The van der Waals surface area contributed by atoms with E-state index in [1.807, 2.05) is 0 Å². The number of pyridine rings is 1. The van der Waals surface area contributed by atoms with Gasteiger partial charge in [0.2, 0.25) is 11.5 Å². The van der Waals surface area contributed by atoms with Crippen molar-refractivity contribution in [2.45, 2.75) is 43.5 Å². The van der Waals surface area contributed by atoms with Gasteiger partial charge < -0.3 is 25.8 Å². The highest BCUT2D eigenvalue weighted by Crippen LogP contribution is 2.39. The minimum Gasteiger partial charge on any atom is -0.480 e. The number of methoxy groups -OCH3 is 1. The van der Waals surface area contributed by atoms with Gasteiger partial charge in [-0.2, -0.15) is 31.4 Å². The zero-order valence-corrected chi connectivity index (χ0v) is 21.2. The van der Waals surface area contributed by atoms with Gasteiger partial charge in [-0.1, -0.05) is 0 Å². The molecule has 1 saturated heterocycles. The number of amides is 2. The first-order valence-corrected chi connectivity index (χ1v) is 11.7. The second kappa shape index (κ2) is 10.3. The number of aliphatic hydroxyl groups is 1. The number of hydrogen-bond donors (Lipinski definition) is 3. The number of nitrogens with one attached hydrogen (secondary N) is 1. The number of nitrogens with zero attached hydrogens (tertiary/aromatic N) is 5. The zero-order chi connectivity index (χ0) is 30.5. The van der Waals surface area contributed by atoms with Gasteiger partial charge in [0.05, 0.1) is 24.4 Å². The van der Waals surface area contributed by atoms with Crippen LogP contribution in [0.1, 0.15) is 29.3 Å². The maximum Gasteiger partial charge on any atom is 0.426 e. The van der Waals surface area contributed by atoms with Gasteiger partial charge in [0.1, 0.15) is 23.6 Å². The van der Waals surface area contributed by atoms with E-state index >= 15 is 0 Å². The Hall–Kier alpha value is -4.22. The molecule has 18 heteroatoms. The second-order valence-electron chi connectivity index (χ2n) is 9.33. The Bertz CT molecular complexity index is 1490. The molecule has 4 heterocycles. The maximum atomic E-state index is 14.7. The number of nitrogens with two attached hydrogens (primary N) is 1. The van der Waals surface area contributed by atoms with Crippen molar-refractivity contribution in [3.05, 3.63) is 35.8 Å². The fourth-order valence-corrected chi connectivity index (χ4v) is 4.33. The van der Waals surface area contributed by atoms with E-state index in [0.29, 0.717) is 4.90 Å². The summed E-state index contributed by atoms with van der Waals surface area (Å²) in [6.07, 6.45) is -10.4. The quantitative estimate of drug-likeness (QED) is 0.382. The van der Waals surface area contributed by atoms with E-state index in [2.05, 4.69) is 20.4 Å². The van der Waals surface area contributed by atoms with Crippen LogP contribution in [0.3, 0.4) is 0 Å². The number of aromatic nitrogens is 4. The standard InChI is InChI=1S/C23H22F7N7O4/c1-21(40,23(28,29)30)20(39)36-4-3-13(24)14(8-36)35-18(38)11-5-10(7-32-19(11)41-2)15-6-12(22(25,26)27)16-17(31)33-9-34-37(15)16/h5-7,9,13-14,40H,3-4,8H2,1-2H3,(H,35,38)(H2,31,33,34)/t13-,14-,21?/m1/s1. The average molecular weight is 593 g/mol. The molecule has 4 N–H and O–H groups in total. The van der Waals surface area contributed by atoms with Crippen LogP contribution in [-0.4, -0.2) is 85.6 Å². The van der Waals surface area contributed by atoms with Crippen molar-refractivity contribution >= 4 is 23.1 Å². The van der Waals surface area contributed by atoms with E-state index in [1.54, 1.807) is 0 Å². The monoisotopic (exact) mass is 593 g/mol. The number of alkyl halides is 7. The summed E-state index contributed by atoms with van der Waals surface area (Å²) in [6.45, 7) is -0.894. The van der Waals surface area contributed by atoms with Crippen molar-refractivity contribution in [1.29, 1.82) is 0 Å². The number of rotatable bonds is 5. The number of piperidine rings is 1. The van der Waals surface area contributed by atoms with Crippen molar-refractivity contribution < 1.29 is 50.2 Å². The molecule has 1 unspecified atom stereocenters. The highest BCUT2D eigenvalue weighted by molar-refractivity contribution is 5.98. The molecule has 0 spiro atoms. The summed E-state index contributed by atoms with van der Waals surface area (Å²) in [6, 6.07) is 0.311. The molecule has 2 amide bonds. The Morgan fingerprint density at radius 1 is 1.17 bits per heavy atom. The molecule has 0 radical (unpaired) electrons. The molecule has 0 aromatic carbocycles. The molecule has 4 rings (SSSR count). The van der Waals surface area contributed by atoms with E-state index in [9.17, 15) is 45.4 Å². The van der Waals surface area contributed by atoms with Gasteiger partial charge in [0.25, 0.3) is 11.8 Å². The van der Waals surface area contributed by atoms with Crippen LogP contribution in [0.25, 0.3) is 16.8 Å². The predicted octanol–water partition coefficient (Wildman–Crippen LogP) is 2.38. The lowest BCUT2D eigenvalue weighted by atomic mass is 9.98. The number of nitrogen functional groups attached to an aromatic ring is 1. The van der Waals surface area contributed by atoms with E-state index in [-0.39, 0.29) is 29.6 Å². The number of carbonyl (C=O) groups is 2. The normalized spacial score (nSPS) is 19.6. The Morgan fingerprint density at radius 3 is 2.46 bits per heavy atom. The van der Waals surface area contributed by atoms with Crippen molar-refractivity contribution in [3.63, 3.8) is 0 Å². The van der Waals surface area contributed by atoms with Gasteiger partial charge in [-0.15, -0.1) is 0 Å². The van der Waals surface area contributed by atoms with Crippen LogP contribution in [0.5, 0.6) is 5.88 Å². The fraction of sp³-hybridized carbons (Fsp3) is 0.435. The minimum atomic E-state index is -5.31. The number of likely N-dealkylation sites (tertiary alicyclic amines) is 1. The van der Waals surface area contributed by atoms with Gasteiger partial charge in [-0.3, -0.25) is 9.59 Å². The van der Waals surface area contributed by atoms with Crippen LogP contribution in [-0.2, 0) is 11.0 Å². The number of anilines is 1. The summed E-state index contributed by atoms with van der Waals surface area (Å²) in [5, 5.41) is 15.8. The van der Waals surface area contributed by atoms with Crippen LogP contribution in [0.4, 0.5) is 36.6 Å². The van der Waals surface area contributed by atoms with Gasteiger partial charge in [-0.05, 0) is 25.5 Å². The summed E-state index contributed by atoms with van der Waals surface area (Å²) < 4.78 is 101. The number of hydrogen-bond acceptors (Lipinski definition) is 8. The lowest BCUT2D eigenvalue weighted by molar-refractivity contribution is -0.250. The lowest BCUT2D eigenvalue weighted by Gasteiger charge is -2.39. The predicted molar refractivity (Wildman–Crippen MR) is 126 cm³/mol. The molecule has 3 atom stereocenters. The van der Waals surface area contributed by atoms with E-state index in [1.165, 1.54) is 0 Å². The van der Waals surface area contributed by atoms with Crippen LogP contribution in [0, 0.1) is 0 Å². The highest BCUT2D eigenvalue weighted by atomic mass is 19.4. The molecule has 222 valence electrons. The molecular formula is C23H22F7N7O4. The molecule has 1 fully saturated rings. The first kappa shape index (κ1) is 29.8. The van der Waals surface area contributed by atoms with E-state index in [4.69, 9.17) is 10.5 Å². The first-order valence-electron chi connectivity index (χ1n) is 11.7. The molecule has 1 aliphatic heterocycles. The third-order valence-electron chi connectivity index (χ3n) is 6.57. The minimum absolute atomic E-state index is 0.0574. The van der Waals surface area contributed by atoms with Crippen LogP contribution < -0.4 is 15.8 Å². The summed E-state index contributed by atoms with van der Waals surface area (Å²) in [5.41, 5.74) is -0.394. The highest BCUT2D eigenvalue weighted by Gasteiger charge is 2.57. The number of halogens is 7. The third-order valence-corrected chi connectivity index (χ3v) is 6.57. The molecule has 3 aromatic rings. The summed E-state index contributed by atoms with van der Waals surface area (Å²) in [5.74, 6) is -3.55. The molecule has 1 aliphatic rings. The van der Waals surface area contributed by atoms with Crippen molar-refractivity contribution in [3.8, 4) is 17.1 Å². The molecule has 0 aliphatic carbocycles. The SMILES string of the molecule is COc1ncc(-c2cc(C(F)(F)F)c3c(N)ncnn23)cc1C(=O)N[C@@H]1CN(C(=O)C(C)(O)C(F)(F)F)CC[C@H]1F. The topological polar surface area (TPSA) is 148 Å². The van der Waals surface area contributed by atoms with Crippen LogP contribution in [0.15, 0.2) is 24.7 Å². The Balaban J connectivity index is 1.67. The number of ether oxygens (including phenoxy) is 1. The van der Waals surface area contributed by atoms with Crippen LogP contribution >= 0.6 is 0 Å². The molecule has 0 bridgehead atoms. The summed E-state index contributed by atoms with van der Waals surface area (Å²) >= 11 is 0. The van der Waals surface area contributed by atoms with E-state index in [0.717, 1.165) is 36.3 Å². The average Bonchev–Trinajstić information content (AvgIpc) is 3.30. The molecule has 0 saturated carbocycles. The Morgan fingerprint density at radius 2 is 1.85 bits per heavy atom. The van der Waals surface area contributed by atoms with E-state index < -0.39 is 78.4 Å². The van der Waals surface area contributed by atoms with Crippen molar-refractivity contribution in [1.82, 2.24) is 29.8 Å². The lowest BCUT2D eigenvalue weighted by Crippen LogP contribution is -2.62. The smallest absolute Gasteiger partial charge is 0.426 e. The summed E-state index contributed by atoms with van der Waals surface area (Å²) in [4.78, 5) is 33.6. The molecule has 41 heavy (non-hydrogen) atoms. The number of fused-ring (bicyclic) bond motifs is 1. The molecule has 11 nitrogen and oxygen atoms in total. The van der Waals surface area contributed by atoms with Crippen LogP contribution in [0.2, 0.25) is 0 Å². The fourth-order valence-electron chi connectivity index (χ4n) is 4.33. The Kier molecular flexibility index (Phi) is 7.49.